The summed E-state index contributed by atoms with van der Waals surface area (Å²) in [5.41, 5.74) is 0.895. The zero-order valence-electron chi connectivity index (χ0n) is 12.3. The van der Waals surface area contributed by atoms with Gasteiger partial charge in [-0.15, -0.1) is 0 Å². The Hall–Kier alpha value is -1.16. The molecule has 0 radical (unpaired) electrons. The molecular weight excluding hydrogens is 277 g/mol. The lowest BCUT2D eigenvalue weighted by Gasteiger charge is -2.23. The van der Waals surface area contributed by atoms with Crippen molar-refractivity contribution in [2.45, 2.75) is 46.3 Å². The van der Waals surface area contributed by atoms with E-state index in [-0.39, 0.29) is 24.1 Å². The average Bonchev–Trinajstić information content (AvgIpc) is 2.35. The number of oxime groups is 1. The Bertz CT molecular complexity index is 471. The van der Waals surface area contributed by atoms with Gasteiger partial charge in [-0.05, 0) is 33.3 Å². The molecular formula is C14H22NO4P. The SMILES string of the molecule is CC(C)OP(=O)(OC(C)C)C(Cc1ccccc1)=NO. The number of hydrogen-bond acceptors (Lipinski definition) is 5. The molecule has 0 spiro atoms. The van der Waals surface area contributed by atoms with Gasteiger partial charge in [-0.1, -0.05) is 35.5 Å². The van der Waals surface area contributed by atoms with Crippen molar-refractivity contribution < 1.29 is 18.8 Å². The number of hydrogen-bond donors (Lipinski definition) is 1. The van der Waals surface area contributed by atoms with E-state index in [2.05, 4.69) is 5.16 Å². The predicted molar refractivity (Wildman–Crippen MR) is 79.4 cm³/mol. The quantitative estimate of drug-likeness (QED) is 0.357. The van der Waals surface area contributed by atoms with Crippen LogP contribution in [0.25, 0.3) is 0 Å². The van der Waals surface area contributed by atoms with Crippen molar-refractivity contribution in [2.24, 2.45) is 5.16 Å². The van der Waals surface area contributed by atoms with Crippen LogP contribution in [0, 0.1) is 0 Å². The lowest BCUT2D eigenvalue weighted by atomic mass is 10.2. The topological polar surface area (TPSA) is 68.1 Å². The normalized spacial score (nSPS) is 13.2. The fraction of sp³-hybridized carbons (Fsp3) is 0.500. The average molecular weight is 299 g/mol. The highest BCUT2D eigenvalue weighted by Crippen LogP contribution is 2.52. The minimum Gasteiger partial charge on any atom is -0.410 e. The Balaban J connectivity index is 3.00. The smallest absolute Gasteiger partial charge is 0.379 e. The number of nitrogens with zero attached hydrogens (tertiary/aromatic N) is 1. The standard InChI is InChI=1S/C14H22NO4P/c1-11(2)18-20(17,19-12(3)4)14(15-16)10-13-8-6-5-7-9-13/h5-9,11-12,16H,10H2,1-4H3. The molecule has 1 N–H and O–H groups in total. The van der Waals surface area contributed by atoms with Gasteiger partial charge in [0.15, 0.2) is 5.45 Å². The van der Waals surface area contributed by atoms with Crippen molar-refractivity contribution in [1.82, 2.24) is 0 Å². The fourth-order valence-electron chi connectivity index (χ4n) is 1.67. The van der Waals surface area contributed by atoms with Crippen molar-refractivity contribution in [2.75, 3.05) is 0 Å². The Morgan fingerprint density at radius 1 is 1.15 bits per heavy atom. The maximum absolute atomic E-state index is 12.8. The first kappa shape index (κ1) is 16.9. The second-order valence-electron chi connectivity index (χ2n) is 4.98. The van der Waals surface area contributed by atoms with Crippen LogP contribution in [0.3, 0.4) is 0 Å². The van der Waals surface area contributed by atoms with Crippen LogP contribution in [0.5, 0.6) is 0 Å². The van der Waals surface area contributed by atoms with Crippen LogP contribution < -0.4 is 0 Å². The van der Waals surface area contributed by atoms with Gasteiger partial charge >= 0.3 is 7.60 Å². The molecule has 0 heterocycles. The van der Waals surface area contributed by atoms with E-state index in [1.54, 1.807) is 27.7 Å². The fourth-order valence-corrected chi connectivity index (χ4v) is 3.56. The highest BCUT2D eigenvalue weighted by atomic mass is 31.2. The lowest BCUT2D eigenvalue weighted by Crippen LogP contribution is -2.16. The van der Waals surface area contributed by atoms with E-state index in [9.17, 15) is 9.77 Å². The van der Waals surface area contributed by atoms with Gasteiger partial charge in [0.25, 0.3) is 0 Å². The molecule has 0 unspecified atom stereocenters. The van der Waals surface area contributed by atoms with Gasteiger partial charge in [0, 0.05) is 6.42 Å². The van der Waals surface area contributed by atoms with Gasteiger partial charge in [0.1, 0.15) is 0 Å². The van der Waals surface area contributed by atoms with Crippen molar-refractivity contribution in [3.63, 3.8) is 0 Å². The third-order valence-corrected chi connectivity index (χ3v) is 4.61. The summed E-state index contributed by atoms with van der Waals surface area (Å²) in [6, 6.07) is 9.33. The molecule has 112 valence electrons. The Labute approximate surface area is 120 Å². The van der Waals surface area contributed by atoms with Gasteiger partial charge in [0.2, 0.25) is 0 Å². The predicted octanol–water partition coefficient (Wildman–Crippen LogP) is 4.06. The lowest BCUT2D eigenvalue weighted by molar-refractivity contribution is 0.151. The van der Waals surface area contributed by atoms with E-state index in [0.717, 1.165) is 5.56 Å². The van der Waals surface area contributed by atoms with E-state index in [1.165, 1.54) is 0 Å². The van der Waals surface area contributed by atoms with Crippen molar-refractivity contribution in [1.29, 1.82) is 0 Å². The molecule has 0 aliphatic carbocycles. The highest BCUT2D eigenvalue weighted by Gasteiger charge is 2.35. The van der Waals surface area contributed by atoms with Gasteiger partial charge < -0.3 is 14.3 Å². The van der Waals surface area contributed by atoms with Crippen LogP contribution in [0.15, 0.2) is 35.5 Å². The molecule has 0 atom stereocenters. The molecule has 0 saturated carbocycles. The summed E-state index contributed by atoms with van der Waals surface area (Å²) in [6.45, 7) is 7.03. The van der Waals surface area contributed by atoms with E-state index < -0.39 is 7.60 Å². The van der Waals surface area contributed by atoms with E-state index >= 15 is 0 Å². The van der Waals surface area contributed by atoms with Crippen LogP contribution in [0.4, 0.5) is 0 Å². The van der Waals surface area contributed by atoms with Crippen molar-refractivity contribution in [3.05, 3.63) is 35.9 Å². The summed E-state index contributed by atoms with van der Waals surface area (Å²) in [5.74, 6) is 0. The third-order valence-electron chi connectivity index (χ3n) is 2.34. The van der Waals surface area contributed by atoms with Crippen LogP contribution in [-0.2, 0) is 20.0 Å². The van der Waals surface area contributed by atoms with Crippen molar-refractivity contribution in [3.8, 4) is 0 Å². The monoisotopic (exact) mass is 299 g/mol. The van der Waals surface area contributed by atoms with Gasteiger partial charge in [-0.3, -0.25) is 4.57 Å². The van der Waals surface area contributed by atoms with Crippen LogP contribution >= 0.6 is 7.60 Å². The molecule has 1 rings (SSSR count). The summed E-state index contributed by atoms with van der Waals surface area (Å²) in [7, 11) is -3.61. The second kappa shape index (κ2) is 7.58. The summed E-state index contributed by atoms with van der Waals surface area (Å²) in [6.07, 6.45) is -0.382. The minimum atomic E-state index is -3.61. The van der Waals surface area contributed by atoms with E-state index in [0.29, 0.717) is 0 Å². The van der Waals surface area contributed by atoms with Gasteiger partial charge in [-0.25, -0.2) is 0 Å². The maximum atomic E-state index is 12.8. The van der Waals surface area contributed by atoms with Gasteiger partial charge in [-0.2, -0.15) is 0 Å². The van der Waals surface area contributed by atoms with Crippen LogP contribution in [0.1, 0.15) is 33.3 Å². The number of rotatable bonds is 7. The van der Waals surface area contributed by atoms with E-state index in [1.807, 2.05) is 30.3 Å². The molecule has 0 fully saturated rings. The summed E-state index contributed by atoms with van der Waals surface area (Å²) in [4.78, 5) is 0. The second-order valence-corrected chi connectivity index (χ2v) is 6.92. The first-order valence-corrected chi connectivity index (χ1v) is 8.14. The van der Waals surface area contributed by atoms with Gasteiger partial charge in [0.05, 0.1) is 12.2 Å². The zero-order chi connectivity index (χ0) is 15.2. The van der Waals surface area contributed by atoms with Crippen LogP contribution in [-0.4, -0.2) is 22.9 Å². The molecule has 0 saturated heterocycles. The largest absolute Gasteiger partial charge is 0.410 e. The molecule has 1 aromatic rings. The molecule has 0 aliphatic rings. The first-order valence-electron chi connectivity index (χ1n) is 6.59. The van der Waals surface area contributed by atoms with E-state index in [4.69, 9.17) is 9.05 Å². The number of benzene rings is 1. The summed E-state index contributed by atoms with van der Waals surface area (Å²) in [5, 5.41) is 12.4. The summed E-state index contributed by atoms with van der Waals surface area (Å²) < 4.78 is 23.7. The zero-order valence-corrected chi connectivity index (χ0v) is 13.2. The Morgan fingerprint density at radius 3 is 2.05 bits per heavy atom. The molecule has 5 nitrogen and oxygen atoms in total. The van der Waals surface area contributed by atoms with Crippen molar-refractivity contribution >= 4 is 13.0 Å². The molecule has 0 amide bonds. The van der Waals surface area contributed by atoms with Crippen LogP contribution in [0.2, 0.25) is 0 Å². The maximum Gasteiger partial charge on any atom is 0.379 e. The molecule has 0 bridgehead atoms. The first-order chi connectivity index (χ1) is 9.37. The molecule has 0 aromatic heterocycles. The summed E-state index contributed by atoms with van der Waals surface area (Å²) >= 11 is 0. The highest BCUT2D eigenvalue weighted by molar-refractivity contribution is 7.72. The minimum absolute atomic E-state index is 0.0195. The molecule has 6 heteroatoms. The third kappa shape index (κ3) is 5.08. The molecule has 20 heavy (non-hydrogen) atoms. The molecule has 0 aliphatic heterocycles. The Morgan fingerprint density at radius 2 is 1.65 bits per heavy atom. The Kier molecular flexibility index (Phi) is 6.40. The molecule has 1 aromatic carbocycles.